The Morgan fingerprint density at radius 2 is 1.72 bits per heavy atom. The first-order valence-corrected chi connectivity index (χ1v) is 13.0. The lowest BCUT2D eigenvalue weighted by molar-refractivity contribution is -0.116. The van der Waals surface area contributed by atoms with Crippen LogP contribution in [0.4, 0.5) is 20.6 Å². The molecule has 0 unspecified atom stereocenters. The van der Waals surface area contributed by atoms with E-state index in [4.69, 9.17) is 16.3 Å². The number of carbonyl (C=O) groups excluding carboxylic acids is 2. The number of methoxy groups -OCH3 is 1. The molecule has 0 fully saturated rings. The molecule has 3 aromatic carbocycles. The van der Waals surface area contributed by atoms with Crippen molar-refractivity contribution in [3.05, 3.63) is 77.6 Å². The van der Waals surface area contributed by atoms with Crippen molar-refractivity contribution in [2.75, 3.05) is 43.7 Å². The number of benzene rings is 3. The van der Waals surface area contributed by atoms with Gasteiger partial charge in [0.1, 0.15) is 12.4 Å². The number of hydrogen-bond donors (Lipinski definition) is 2. The number of nitrogens with zero attached hydrogens (tertiary/aromatic N) is 1. The standard InChI is InChI=1S/C25H25ClFN3O5S/c1-35-14-13-30(25(32)28-19-10-8-18(26)9-11-19)16-24(31)29-22-12-7-17(15-21(22)27)20-5-3-4-6-23(20)36(2,33)34/h3-12,15H,13-14,16H2,1-2H3,(H,28,32)(H,29,31). The number of amides is 3. The summed E-state index contributed by atoms with van der Waals surface area (Å²) in [6.45, 7) is -0.0575. The number of rotatable bonds is 9. The van der Waals surface area contributed by atoms with Crippen molar-refractivity contribution >= 4 is 44.8 Å². The lowest BCUT2D eigenvalue weighted by Gasteiger charge is -2.22. The Kier molecular flexibility index (Phi) is 9.03. The number of halogens is 2. The van der Waals surface area contributed by atoms with Crippen LogP contribution in [0.25, 0.3) is 11.1 Å². The smallest absolute Gasteiger partial charge is 0.322 e. The van der Waals surface area contributed by atoms with Crippen LogP contribution >= 0.6 is 11.6 Å². The molecule has 0 radical (unpaired) electrons. The third kappa shape index (κ3) is 7.27. The SMILES string of the molecule is COCCN(CC(=O)Nc1ccc(-c2ccccc2S(C)(=O)=O)cc1F)C(=O)Nc1ccc(Cl)cc1. The van der Waals surface area contributed by atoms with Crippen LogP contribution < -0.4 is 10.6 Å². The Labute approximate surface area is 213 Å². The van der Waals surface area contributed by atoms with E-state index in [0.717, 1.165) is 12.3 Å². The van der Waals surface area contributed by atoms with E-state index in [1.54, 1.807) is 42.5 Å². The molecule has 36 heavy (non-hydrogen) atoms. The van der Waals surface area contributed by atoms with Crippen LogP contribution in [0, 0.1) is 5.82 Å². The first kappa shape index (κ1) is 27.1. The third-order valence-electron chi connectivity index (χ3n) is 5.12. The summed E-state index contributed by atoms with van der Waals surface area (Å²) in [6.07, 6.45) is 1.08. The van der Waals surface area contributed by atoms with Crippen LogP contribution in [0.3, 0.4) is 0 Å². The van der Waals surface area contributed by atoms with Gasteiger partial charge in [-0.3, -0.25) is 4.79 Å². The van der Waals surface area contributed by atoms with Crippen LogP contribution in [0.5, 0.6) is 0 Å². The van der Waals surface area contributed by atoms with E-state index in [9.17, 15) is 22.4 Å². The minimum atomic E-state index is -3.53. The van der Waals surface area contributed by atoms with Crippen molar-refractivity contribution in [3.63, 3.8) is 0 Å². The van der Waals surface area contributed by atoms with Crippen molar-refractivity contribution in [1.82, 2.24) is 4.90 Å². The number of urea groups is 1. The van der Waals surface area contributed by atoms with Crippen LogP contribution in [0.2, 0.25) is 5.02 Å². The topological polar surface area (TPSA) is 105 Å². The van der Waals surface area contributed by atoms with Crippen LogP contribution in [0.15, 0.2) is 71.6 Å². The van der Waals surface area contributed by atoms with Gasteiger partial charge in [-0.2, -0.15) is 0 Å². The lowest BCUT2D eigenvalue weighted by atomic mass is 10.0. The number of sulfone groups is 1. The summed E-state index contributed by atoms with van der Waals surface area (Å²) in [5.41, 5.74) is 1.07. The normalized spacial score (nSPS) is 11.1. The molecule has 190 valence electrons. The minimum Gasteiger partial charge on any atom is -0.383 e. The van der Waals surface area contributed by atoms with Gasteiger partial charge in [-0.15, -0.1) is 0 Å². The summed E-state index contributed by atoms with van der Waals surface area (Å²) in [4.78, 5) is 26.6. The maximum Gasteiger partial charge on any atom is 0.322 e. The Morgan fingerprint density at radius 1 is 1.03 bits per heavy atom. The van der Waals surface area contributed by atoms with Gasteiger partial charge in [-0.1, -0.05) is 35.9 Å². The Balaban J connectivity index is 1.73. The van der Waals surface area contributed by atoms with Crippen molar-refractivity contribution in [3.8, 4) is 11.1 Å². The second-order valence-corrected chi connectivity index (χ2v) is 10.3. The van der Waals surface area contributed by atoms with Crippen molar-refractivity contribution in [2.24, 2.45) is 0 Å². The molecule has 2 N–H and O–H groups in total. The largest absolute Gasteiger partial charge is 0.383 e. The molecular formula is C25H25ClFN3O5S. The van der Waals surface area contributed by atoms with Gasteiger partial charge in [0.25, 0.3) is 0 Å². The predicted molar refractivity (Wildman–Crippen MR) is 137 cm³/mol. The van der Waals surface area contributed by atoms with E-state index in [1.807, 2.05) is 0 Å². The highest BCUT2D eigenvalue weighted by Crippen LogP contribution is 2.29. The number of carbonyl (C=O) groups is 2. The Bertz CT molecular complexity index is 1350. The summed E-state index contributed by atoms with van der Waals surface area (Å²) >= 11 is 5.86. The molecule has 11 heteroatoms. The van der Waals surface area contributed by atoms with Gasteiger partial charge in [-0.05, 0) is 48.0 Å². The molecule has 0 bridgehead atoms. The van der Waals surface area contributed by atoms with Gasteiger partial charge in [0.05, 0.1) is 17.2 Å². The van der Waals surface area contributed by atoms with E-state index in [0.29, 0.717) is 21.8 Å². The van der Waals surface area contributed by atoms with Gasteiger partial charge in [0, 0.05) is 36.2 Å². The van der Waals surface area contributed by atoms with E-state index < -0.39 is 27.6 Å². The zero-order valence-electron chi connectivity index (χ0n) is 19.6. The third-order valence-corrected chi connectivity index (χ3v) is 6.53. The second kappa shape index (κ2) is 12.0. The lowest BCUT2D eigenvalue weighted by Crippen LogP contribution is -2.42. The van der Waals surface area contributed by atoms with Gasteiger partial charge in [0.15, 0.2) is 9.84 Å². The van der Waals surface area contributed by atoms with Crippen molar-refractivity contribution in [2.45, 2.75) is 4.90 Å². The Hall–Kier alpha value is -3.47. The molecule has 0 saturated carbocycles. The molecule has 3 aromatic rings. The van der Waals surface area contributed by atoms with Gasteiger partial charge >= 0.3 is 6.03 Å². The molecule has 3 amide bonds. The summed E-state index contributed by atoms with van der Waals surface area (Å²) < 4.78 is 44.0. The molecule has 0 heterocycles. The summed E-state index contributed by atoms with van der Waals surface area (Å²) in [6, 6.07) is 16.2. The highest BCUT2D eigenvalue weighted by Gasteiger charge is 2.19. The van der Waals surface area contributed by atoms with E-state index in [1.165, 1.54) is 30.2 Å². The molecule has 0 aromatic heterocycles. The highest BCUT2D eigenvalue weighted by molar-refractivity contribution is 7.90. The average Bonchev–Trinajstić information content (AvgIpc) is 2.84. The minimum absolute atomic E-state index is 0.0710. The molecule has 0 aliphatic heterocycles. The van der Waals surface area contributed by atoms with Gasteiger partial charge < -0.3 is 20.3 Å². The molecule has 8 nitrogen and oxygen atoms in total. The van der Waals surface area contributed by atoms with Crippen LogP contribution in [0.1, 0.15) is 0 Å². The zero-order chi connectivity index (χ0) is 26.3. The first-order valence-electron chi connectivity index (χ1n) is 10.8. The second-order valence-electron chi connectivity index (χ2n) is 7.86. The quantitative estimate of drug-likeness (QED) is 0.416. The van der Waals surface area contributed by atoms with Crippen molar-refractivity contribution < 1.29 is 27.1 Å². The molecule has 0 aliphatic carbocycles. The number of nitrogens with one attached hydrogen (secondary N) is 2. The predicted octanol–water partition coefficient (Wildman–Crippen LogP) is 4.67. The molecule has 0 saturated heterocycles. The first-order chi connectivity index (χ1) is 17.1. The summed E-state index contributed by atoms with van der Waals surface area (Å²) in [5, 5.41) is 5.64. The van der Waals surface area contributed by atoms with Gasteiger partial charge in [-0.25, -0.2) is 17.6 Å². The Morgan fingerprint density at radius 3 is 2.36 bits per heavy atom. The molecular weight excluding hydrogens is 509 g/mol. The fourth-order valence-corrected chi connectivity index (χ4v) is 4.40. The maximum absolute atomic E-state index is 14.9. The number of hydrogen-bond acceptors (Lipinski definition) is 5. The van der Waals surface area contributed by atoms with Crippen molar-refractivity contribution in [1.29, 1.82) is 0 Å². The zero-order valence-corrected chi connectivity index (χ0v) is 21.2. The number of anilines is 2. The maximum atomic E-state index is 14.9. The highest BCUT2D eigenvalue weighted by atomic mass is 35.5. The van der Waals surface area contributed by atoms with Crippen LogP contribution in [-0.4, -0.2) is 58.3 Å². The average molecular weight is 534 g/mol. The molecule has 0 spiro atoms. The molecule has 0 atom stereocenters. The van der Waals surface area contributed by atoms with Gasteiger partial charge in [0.2, 0.25) is 5.91 Å². The van der Waals surface area contributed by atoms with Crippen LogP contribution in [-0.2, 0) is 19.4 Å². The summed E-state index contributed by atoms with van der Waals surface area (Å²) in [5.74, 6) is -1.38. The van der Waals surface area contributed by atoms with E-state index in [-0.39, 0.29) is 30.3 Å². The van der Waals surface area contributed by atoms with E-state index >= 15 is 0 Å². The molecule has 3 rings (SSSR count). The monoisotopic (exact) mass is 533 g/mol. The fraction of sp³-hybridized carbons (Fsp3) is 0.200. The number of ether oxygens (including phenoxy) is 1. The summed E-state index contributed by atoms with van der Waals surface area (Å²) in [7, 11) is -2.06. The van der Waals surface area contributed by atoms with E-state index in [2.05, 4.69) is 10.6 Å². The molecule has 0 aliphatic rings. The fourth-order valence-electron chi connectivity index (χ4n) is 3.37.